The Kier molecular flexibility index (Phi) is 7.17. The molecule has 1 aliphatic heterocycles. The van der Waals surface area contributed by atoms with Crippen LogP contribution in [0, 0.1) is 13.8 Å². The molecule has 2 aromatic carbocycles. The maximum absolute atomic E-state index is 12.6. The first-order chi connectivity index (χ1) is 18.8. The molecule has 39 heavy (non-hydrogen) atoms. The molecule has 1 saturated heterocycles. The normalized spacial score (nSPS) is 16.6. The number of nitrogens with one attached hydrogen (secondary N) is 2. The highest BCUT2D eigenvalue weighted by Gasteiger charge is 2.42. The third kappa shape index (κ3) is 4.88. The summed E-state index contributed by atoms with van der Waals surface area (Å²) in [6.45, 7) is 5.55. The number of nitrogens with zero attached hydrogens (tertiary/aromatic N) is 3. The second-order valence-electron chi connectivity index (χ2n) is 9.40. The largest absolute Gasteiger partial charge is 0.465 e. The molecule has 0 radical (unpaired) electrons. The quantitative estimate of drug-likeness (QED) is 0.250. The van der Waals surface area contributed by atoms with Crippen LogP contribution in [0.25, 0.3) is 5.69 Å². The van der Waals surface area contributed by atoms with Gasteiger partial charge >= 0.3 is 5.97 Å². The topological polar surface area (TPSA) is 88.5 Å². The fourth-order valence-electron chi connectivity index (χ4n) is 5.27. The minimum Gasteiger partial charge on any atom is -0.465 e. The van der Waals surface area contributed by atoms with E-state index in [4.69, 9.17) is 17.0 Å². The van der Waals surface area contributed by atoms with E-state index in [0.29, 0.717) is 16.4 Å². The van der Waals surface area contributed by atoms with Gasteiger partial charge in [-0.1, -0.05) is 18.2 Å². The maximum atomic E-state index is 12.6. The van der Waals surface area contributed by atoms with Gasteiger partial charge in [-0.05, 0) is 86.2 Å². The van der Waals surface area contributed by atoms with Crippen LogP contribution in [0.15, 0.2) is 79.0 Å². The van der Waals surface area contributed by atoms with Crippen LogP contribution >= 0.6 is 12.2 Å². The van der Waals surface area contributed by atoms with Crippen molar-refractivity contribution in [3.8, 4) is 5.69 Å². The molecule has 0 aliphatic carbocycles. The minimum absolute atomic E-state index is 0.131. The number of amides is 1. The number of hydrogen-bond acceptors (Lipinski definition) is 5. The molecule has 2 aromatic heterocycles. The van der Waals surface area contributed by atoms with Crippen molar-refractivity contribution in [3.05, 3.63) is 107 Å². The van der Waals surface area contributed by atoms with E-state index < -0.39 is 5.97 Å². The number of hydrogen-bond donors (Lipinski definition) is 2. The summed E-state index contributed by atoms with van der Waals surface area (Å²) in [7, 11) is 1.39. The summed E-state index contributed by atoms with van der Waals surface area (Å²) in [5.41, 5.74) is 6.67. The van der Waals surface area contributed by atoms with Gasteiger partial charge in [-0.15, -0.1) is 0 Å². The highest BCUT2D eigenvalue weighted by atomic mass is 32.1. The summed E-state index contributed by atoms with van der Waals surface area (Å²) in [6, 6.07) is 22.6. The number of pyridine rings is 1. The molecule has 8 nitrogen and oxygen atoms in total. The van der Waals surface area contributed by atoms with Gasteiger partial charge in [-0.3, -0.25) is 9.78 Å². The fourth-order valence-corrected chi connectivity index (χ4v) is 5.61. The number of benzene rings is 2. The molecule has 0 unspecified atom stereocenters. The molecule has 198 valence electrons. The van der Waals surface area contributed by atoms with E-state index in [1.54, 1.807) is 12.3 Å². The van der Waals surface area contributed by atoms with Crippen molar-refractivity contribution in [1.29, 1.82) is 0 Å². The Bertz CT molecular complexity index is 1550. The average Bonchev–Trinajstić information content (AvgIpc) is 3.43. The van der Waals surface area contributed by atoms with Crippen LogP contribution < -0.4 is 15.5 Å². The average molecular weight is 540 g/mol. The van der Waals surface area contributed by atoms with Crippen LogP contribution in [-0.4, -0.2) is 33.6 Å². The molecule has 9 heteroatoms. The van der Waals surface area contributed by atoms with Crippen LogP contribution in [0.3, 0.4) is 0 Å². The van der Waals surface area contributed by atoms with Crippen molar-refractivity contribution in [2.45, 2.75) is 32.9 Å². The maximum Gasteiger partial charge on any atom is 0.339 e. The molecular formula is C30H29N5O3S. The van der Waals surface area contributed by atoms with E-state index in [0.717, 1.165) is 34.0 Å². The molecule has 1 fully saturated rings. The lowest BCUT2D eigenvalue weighted by molar-refractivity contribution is -0.114. The Morgan fingerprint density at radius 2 is 1.74 bits per heavy atom. The van der Waals surface area contributed by atoms with Gasteiger partial charge in [0.15, 0.2) is 5.11 Å². The standard InChI is InChI=1S/C30H29N5O3S/c1-18-17-24(19(2)34(18)26-11-6-5-9-23(26)29(37)38-4)28-27(25-10-7-8-16-31-25)33-30(39)35(28)22-14-12-21(13-15-22)32-20(3)36/h5-17,27-28H,1-4H3,(H,32,36)(H,33,39)/t27-,28-/m1/s1. The molecule has 3 heterocycles. The molecule has 0 saturated carbocycles. The summed E-state index contributed by atoms with van der Waals surface area (Å²) in [5, 5.41) is 6.87. The zero-order chi connectivity index (χ0) is 27.7. The van der Waals surface area contributed by atoms with E-state index in [2.05, 4.69) is 31.2 Å². The van der Waals surface area contributed by atoms with E-state index in [9.17, 15) is 9.59 Å². The van der Waals surface area contributed by atoms with Gasteiger partial charge in [-0.2, -0.15) is 0 Å². The minimum atomic E-state index is -0.393. The predicted molar refractivity (Wildman–Crippen MR) is 155 cm³/mol. The first-order valence-electron chi connectivity index (χ1n) is 12.5. The summed E-state index contributed by atoms with van der Waals surface area (Å²) < 4.78 is 7.14. The van der Waals surface area contributed by atoms with Crippen molar-refractivity contribution in [2.75, 3.05) is 17.3 Å². The van der Waals surface area contributed by atoms with Gasteiger partial charge in [0.1, 0.15) is 0 Å². The van der Waals surface area contributed by atoms with Gasteiger partial charge in [0.05, 0.1) is 36.1 Å². The van der Waals surface area contributed by atoms with Gasteiger partial charge in [0.25, 0.3) is 0 Å². The molecule has 1 amide bonds. The van der Waals surface area contributed by atoms with E-state index in [1.807, 2.05) is 74.5 Å². The third-order valence-corrected chi connectivity index (χ3v) is 7.22. The van der Waals surface area contributed by atoms with E-state index in [1.165, 1.54) is 14.0 Å². The van der Waals surface area contributed by atoms with E-state index in [-0.39, 0.29) is 18.0 Å². The summed E-state index contributed by atoms with van der Waals surface area (Å²) in [4.78, 5) is 30.9. The van der Waals surface area contributed by atoms with Gasteiger partial charge < -0.3 is 24.8 Å². The third-order valence-electron chi connectivity index (χ3n) is 6.90. The number of methoxy groups -OCH3 is 1. The molecular weight excluding hydrogens is 510 g/mol. The Morgan fingerprint density at radius 1 is 1.03 bits per heavy atom. The lowest BCUT2D eigenvalue weighted by atomic mass is 9.96. The Labute approximate surface area is 232 Å². The molecule has 2 atom stereocenters. The number of carbonyl (C=O) groups excluding carboxylic acids is 2. The number of aromatic nitrogens is 2. The number of rotatable bonds is 6. The van der Waals surface area contributed by atoms with Crippen molar-refractivity contribution in [3.63, 3.8) is 0 Å². The lowest BCUT2D eigenvalue weighted by Crippen LogP contribution is -2.29. The summed E-state index contributed by atoms with van der Waals surface area (Å²) in [5.74, 6) is -0.524. The number of carbonyl (C=O) groups is 2. The molecule has 0 spiro atoms. The Morgan fingerprint density at radius 3 is 2.41 bits per heavy atom. The zero-order valence-electron chi connectivity index (χ0n) is 22.1. The SMILES string of the molecule is COC(=O)c1ccccc1-n1c(C)cc([C@@H]2[C@@H](c3ccccn3)NC(=S)N2c2ccc(NC(C)=O)cc2)c1C. The zero-order valence-corrected chi connectivity index (χ0v) is 23.0. The fraction of sp³-hybridized carbons (Fsp3) is 0.200. The molecule has 5 rings (SSSR count). The Balaban J connectivity index is 1.65. The van der Waals surface area contributed by atoms with Crippen LogP contribution in [0.1, 0.15) is 52.0 Å². The summed E-state index contributed by atoms with van der Waals surface area (Å²) >= 11 is 5.88. The Hall–Kier alpha value is -4.50. The van der Waals surface area contributed by atoms with Crippen molar-refractivity contribution < 1.29 is 14.3 Å². The van der Waals surface area contributed by atoms with Gasteiger partial charge in [0, 0.05) is 35.9 Å². The monoisotopic (exact) mass is 539 g/mol. The van der Waals surface area contributed by atoms with Crippen molar-refractivity contribution >= 4 is 40.6 Å². The first-order valence-corrected chi connectivity index (χ1v) is 13.0. The second-order valence-corrected chi connectivity index (χ2v) is 9.78. The predicted octanol–water partition coefficient (Wildman–Crippen LogP) is 5.41. The summed E-state index contributed by atoms with van der Waals surface area (Å²) in [6.07, 6.45) is 1.78. The molecule has 1 aliphatic rings. The highest BCUT2D eigenvalue weighted by molar-refractivity contribution is 7.80. The molecule has 0 bridgehead atoms. The lowest BCUT2D eigenvalue weighted by Gasteiger charge is -2.28. The highest BCUT2D eigenvalue weighted by Crippen LogP contribution is 2.44. The number of ether oxygens (including phenoxy) is 1. The number of thiocarbonyl (C=S) groups is 1. The van der Waals surface area contributed by atoms with Crippen LogP contribution in [-0.2, 0) is 9.53 Å². The van der Waals surface area contributed by atoms with Gasteiger partial charge in [0.2, 0.25) is 5.91 Å². The number of para-hydroxylation sites is 1. The van der Waals surface area contributed by atoms with Crippen LogP contribution in [0.5, 0.6) is 0 Å². The van der Waals surface area contributed by atoms with Crippen LogP contribution in [0.4, 0.5) is 11.4 Å². The van der Waals surface area contributed by atoms with Crippen molar-refractivity contribution in [1.82, 2.24) is 14.9 Å². The van der Waals surface area contributed by atoms with Gasteiger partial charge in [-0.25, -0.2) is 4.79 Å². The van der Waals surface area contributed by atoms with Crippen molar-refractivity contribution in [2.24, 2.45) is 0 Å². The smallest absolute Gasteiger partial charge is 0.339 e. The molecule has 4 aromatic rings. The first kappa shape index (κ1) is 26.1. The number of aryl methyl sites for hydroxylation is 1. The number of anilines is 2. The van der Waals surface area contributed by atoms with Crippen LogP contribution in [0.2, 0.25) is 0 Å². The second kappa shape index (κ2) is 10.7. The molecule has 2 N–H and O–H groups in total. The number of esters is 1. The van der Waals surface area contributed by atoms with E-state index >= 15 is 0 Å².